The van der Waals surface area contributed by atoms with Crippen LogP contribution in [0.5, 0.6) is 0 Å². The number of benzene rings is 2. The molecule has 6 heteroatoms. The summed E-state index contributed by atoms with van der Waals surface area (Å²) in [4.78, 5) is 26.7. The number of carbonyl (C=O) groups is 2. The van der Waals surface area contributed by atoms with E-state index in [1.165, 1.54) is 17.0 Å². The summed E-state index contributed by atoms with van der Waals surface area (Å²) in [6, 6.07) is 12.2. The summed E-state index contributed by atoms with van der Waals surface area (Å²) in [7, 11) is 0. The Morgan fingerprint density at radius 1 is 1.17 bits per heavy atom. The molecule has 2 aromatic rings. The van der Waals surface area contributed by atoms with E-state index in [9.17, 15) is 14.0 Å². The number of nitrogens with zero attached hydrogens (tertiary/aromatic N) is 1. The number of carbonyl (C=O) groups excluding carboxylic acids is 2. The first-order valence-corrected chi connectivity index (χ1v) is 8.06. The predicted octanol–water partition coefficient (Wildman–Crippen LogP) is 3.72. The highest BCUT2D eigenvalue weighted by atomic mass is 35.5. The molecule has 1 saturated heterocycles. The van der Waals surface area contributed by atoms with Crippen LogP contribution in [0, 0.1) is 5.82 Å². The lowest BCUT2D eigenvalue weighted by atomic mass is 10.1. The van der Waals surface area contributed by atoms with Gasteiger partial charge >= 0.3 is 0 Å². The number of nitrogens with one attached hydrogen (secondary N) is 1. The van der Waals surface area contributed by atoms with E-state index in [1.807, 2.05) is 18.2 Å². The number of rotatable bonds is 3. The van der Waals surface area contributed by atoms with Gasteiger partial charge < -0.3 is 10.2 Å². The van der Waals surface area contributed by atoms with Crippen molar-refractivity contribution in [3.63, 3.8) is 0 Å². The van der Waals surface area contributed by atoms with Gasteiger partial charge in [-0.3, -0.25) is 9.59 Å². The molecule has 1 N–H and O–H groups in total. The van der Waals surface area contributed by atoms with Crippen LogP contribution in [0.4, 0.5) is 10.1 Å². The van der Waals surface area contributed by atoms with E-state index in [0.717, 1.165) is 12.5 Å². The number of para-hydroxylation sites is 1. The molecule has 124 valence electrons. The number of amides is 2. The van der Waals surface area contributed by atoms with Crippen LogP contribution in [0.2, 0.25) is 5.02 Å². The van der Waals surface area contributed by atoms with Crippen molar-refractivity contribution < 1.29 is 14.0 Å². The largest absolute Gasteiger partial charge is 0.327 e. The minimum atomic E-state index is -0.557. The van der Waals surface area contributed by atoms with Crippen LogP contribution in [0.15, 0.2) is 48.5 Å². The van der Waals surface area contributed by atoms with Crippen molar-refractivity contribution in [3.05, 3.63) is 64.9 Å². The Balaban J connectivity index is 1.77. The summed E-state index contributed by atoms with van der Waals surface area (Å²) in [6.07, 6.45) is 1.32. The monoisotopic (exact) mass is 346 g/mol. The van der Waals surface area contributed by atoms with Gasteiger partial charge in [-0.1, -0.05) is 29.8 Å². The maximum atomic E-state index is 13.2. The van der Waals surface area contributed by atoms with Crippen LogP contribution in [0.3, 0.4) is 0 Å². The van der Waals surface area contributed by atoms with Crippen LogP contribution < -0.4 is 5.32 Å². The second-order valence-corrected chi connectivity index (χ2v) is 6.04. The summed E-state index contributed by atoms with van der Waals surface area (Å²) < 4.78 is 13.2. The molecule has 0 bridgehead atoms. The molecule has 0 aliphatic carbocycles. The summed E-state index contributed by atoms with van der Waals surface area (Å²) in [5.41, 5.74) is 0.888. The average molecular weight is 347 g/mol. The zero-order chi connectivity index (χ0) is 17.1. The van der Waals surface area contributed by atoms with E-state index in [4.69, 9.17) is 11.6 Å². The summed E-state index contributed by atoms with van der Waals surface area (Å²) in [6.45, 7) is 0.472. The third-order valence-electron chi connectivity index (χ3n) is 4.02. The normalized spacial score (nSPS) is 16.9. The average Bonchev–Trinajstić information content (AvgIpc) is 3.05. The molecule has 1 aliphatic rings. The van der Waals surface area contributed by atoms with Gasteiger partial charge in [-0.15, -0.1) is 0 Å². The van der Waals surface area contributed by atoms with Crippen LogP contribution in [0.1, 0.15) is 23.2 Å². The number of hydrogen-bond donors (Lipinski definition) is 1. The summed E-state index contributed by atoms with van der Waals surface area (Å²) in [5.74, 6) is -1.09. The number of likely N-dealkylation sites (tertiary alicyclic amines) is 1. The Hall–Kier alpha value is -2.40. The van der Waals surface area contributed by atoms with Gasteiger partial charge in [0.05, 0.1) is 10.6 Å². The number of anilines is 1. The smallest absolute Gasteiger partial charge is 0.256 e. The molecule has 1 heterocycles. The number of hydrogen-bond acceptors (Lipinski definition) is 2. The fourth-order valence-electron chi connectivity index (χ4n) is 2.85. The van der Waals surface area contributed by atoms with Crippen LogP contribution in [0.25, 0.3) is 0 Å². The van der Waals surface area contributed by atoms with Crippen molar-refractivity contribution in [1.82, 2.24) is 4.90 Å². The molecule has 0 saturated carbocycles. The van der Waals surface area contributed by atoms with Gasteiger partial charge in [-0.05, 0) is 43.2 Å². The maximum absolute atomic E-state index is 13.2. The fourth-order valence-corrected chi connectivity index (χ4v) is 3.10. The zero-order valence-electron chi connectivity index (χ0n) is 12.8. The molecule has 1 aliphatic heterocycles. The van der Waals surface area contributed by atoms with Crippen molar-refractivity contribution in [2.24, 2.45) is 0 Å². The highest BCUT2D eigenvalue weighted by Gasteiger charge is 2.35. The molecule has 4 nitrogen and oxygen atoms in total. The standard InChI is InChI=1S/C18H16ClFN2O2/c19-15-11-12(20)8-9-14(15)18(24)22-10-4-7-16(22)17(23)21-13-5-2-1-3-6-13/h1-3,5-6,8-9,11,16H,4,7,10H2,(H,21,23)/t16-/m0/s1. The molecule has 0 radical (unpaired) electrons. The maximum Gasteiger partial charge on any atom is 0.256 e. The Morgan fingerprint density at radius 2 is 1.92 bits per heavy atom. The lowest BCUT2D eigenvalue weighted by Crippen LogP contribution is -2.43. The van der Waals surface area contributed by atoms with Gasteiger partial charge in [0.2, 0.25) is 5.91 Å². The summed E-state index contributed by atoms with van der Waals surface area (Å²) in [5, 5.41) is 2.87. The van der Waals surface area contributed by atoms with Crippen LogP contribution in [-0.4, -0.2) is 29.3 Å². The minimum Gasteiger partial charge on any atom is -0.327 e. The topological polar surface area (TPSA) is 49.4 Å². The van der Waals surface area contributed by atoms with E-state index in [-0.39, 0.29) is 22.4 Å². The summed E-state index contributed by atoms with van der Waals surface area (Å²) >= 11 is 5.97. The fraction of sp³-hybridized carbons (Fsp3) is 0.222. The van der Waals surface area contributed by atoms with Gasteiger partial charge in [-0.2, -0.15) is 0 Å². The van der Waals surface area contributed by atoms with Crippen LogP contribution in [-0.2, 0) is 4.79 Å². The third kappa shape index (κ3) is 3.41. The van der Waals surface area contributed by atoms with E-state index in [1.54, 1.807) is 12.1 Å². The Morgan fingerprint density at radius 3 is 2.62 bits per heavy atom. The first-order chi connectivity index (χ1) is 11.6. The van der Waals surface area contributed by atoms with E-state index < -0.39 is 11.9 Å². The second-order valence-electron chi connectivity index (χ2n) is 5.64. The molecule has 0 aromatic heterocycles. The van der Waals surface area contributed by atoms with Gasteiger partial charge in [0.1, 0.15) is 11.9 Å². The van der Waals surface area contributed by atoms with Crippen LogP contribution >= 0.6 is 11.6 Å². The lowest BCUT2D eigenvalue weighted by molar-refractivity contribution is -0.119. The molecular weight excluding hydrogens is 331 g/mol. The van der Waals surface area contributed by atoms with Crippen molar-refractivity contribution in [2.45, 2.75) is 18.9 Å². The highest BCUT2D eigenvalue weighted by Crippen LogP contribution is 2.25. The van der Waals surface area contributed by atoms with Crippen molar-refractivity contribution in [2.75, 3.05) is 11.9 Å². The SMILES string of the molecule is O=C(Nc1ccccc1)[C@@H]1CCCN1C(=O)c1ccc(F)cc1Cl. The Bertz CT molecular complexity index is 767. The minimum absolute atomic E-state index is 0.0501. The number of halogens is 2. The van der Waals surface area contributed by atoms with Gasteiger partial charge in [-0.25, -0.2) is 4.39 Å². The Kier molecular flexibility index (Phi) is 4.81. The molecule has 0 unspecified atom stereocenters. The molecule has 24 heavy (non-hydrogen) atoms. The predicted molar refractivity (Wildman–Crippen MR) is 90.5 cm³/mol. The van der Waals surface area contributed by atoms with E-state index >= 15 is 0 Å². The quantitative estimate of drug-likeness (QED) is 0.920. The van der Waals surface area contributed by atoms with Gasteiger partial charge in [0, 0.05) is 12.2 Å². The molecule has 2 amide bonds. The van der Waals surface area contributed by atoms with Gasteiger partial charge in [0.15, 0.2) is 0 Å². The molecular formula is C18H16ClFN2O2. The molecule has 0 spiro atoms. The van der Waals surface area contributed by atoms with Crippen molar-refractivity contribution in [1.29, 1.82) is 0 Å². The zero-order valence-corrected chi connectivity index (χ0v) is 13.6. The van der Waals surface area contributed by atoms with E-state index in [0.29, 0.717) is 18.7 Å². The first kappa shape index (κ1) is 16.5. The Labute approximate surface area is 144 Å². The third-order valence-corrected chi connectivity index (χ3v) is 4.33. The first-order valence-electron chi connectivity index (χ1n) is 7.68. The lowest BCUT2D eigenvalue weighted by Gasteiger charge is -2.24. The van der Waals surface area contributed by atoms with Crippen molar-refractivity contribution in [3.8, 4) is 0 Å². The highest BCUT2D eigenvalue weighted by molar-refractivity contribution is 6.33. The van der Waals surface area contributed by atoms with Gasteiger partial charge in [0.25, 0.3) is 5.91 Å². The second kappa shape index (κ2) is 7.01. The van der Waals surface area contributed by atoms with E-state index in [2.05, 4.69) is 5.32 Å². The molecule has 2 aromatic carbocycles. The molecule has 1 atom stereocenters. The molecule has 1 fully saturated rings. The molecule has 3 rings (SSSR count). The van der Waals surface area contributed by atoms with Crippen molar-refractivity contribution >= 4 is 29.1 Å².